The highest BCUT2D eigenvalue weighted by Gasteiger charge is 2.11. The molecular formula is C9H16N2S. The van der Waals surface area contributed by atoms with Crippen LogP contribution in [-0.2, 0) is 0 Å². The molecule has 0 aromatic rings. The van der Waals surface area contributed by atoms with Crippen LogP contribution in [0.4, 0.5) is 0 Å². The van der Waals surface area contributed by atoms with Crippen molar-refractivity contribution in [2.24, 2.45) is 0 Å². The quantitative estimate of drug-likeness (QED) is 0.474. The molecule has 2 N–H and O–H groups in total. The average Bonchev–Trinajstić information content (AvgIpc) is 1.82. The standard InChI is InChI=1S/C9H16N2S/c1-6-7(2)10-8(12)11-9(3,4)5/h1,7H,2-5H3,(H2,10,11,12). The first kappa shape index (κ1) is 11.2. The summed E-state index contributed by atoms with van der Waals surface area (Å²) in [6.45, 7) is 8.02. The molecule has 0 saturated heterocycles. The van der Waals surface area contributed by atoms with Gasteiger partial charge in [0.25, 0.3) is 0 Å². The monoisotopic (exact) mass is 184 g/mol. The van der Waals surface area contributed by atoms with Gasteiger partial charge in [-0.05, 0) is 39.9 Å². The van der Waals surface area contributed by atoms with Crippen molar-refractivity contribution < 1.29 is 0 Å². The molecule has 0 aliphatic heterocycles. The Morgan fingerprint density at radius 1 is 1.50 bits per heavy atom. The van der Waals surface area contributed by atoms with Gasteiger partial charge < -0.3 is 10.6 Å². The summed E-state index contributed by atoms with van der Waals surface area (Å²) < 4.78 is 0. The molecule has 0 aromatic carbocycles. The lowest BCUT2D eigenvalue weighted by atomic mass is 10.1. The van der Waals surface area contributed by atoms with Crippen LogP contribution in [0.15, 0.2) is 0 Å². The minimum Gasteiger partial charge on any atom is -0.358 e. The van der Waals surface area contributed by atoms with Gasteiger partial charge in [0, 0.05) is 5.54 Å². The van der Waals surface area contributed by atoms with Gasteiger partial charge in [0.1, 0.15) is 0 Å². The van der Waals surface area contributed by atoms with Crippen molar-refractivity contribution in [1.29, 1.82) is 0 Å². The number of hydrogen-bond acceptors (Lipinski definition) is 1. The minimum absolute atomic E-state index is 0.0155. The fourth-order valence-electron chi connectivity index (χ4n) is 0.615. The Labute approximate surface area is 80.1 Å². The van der Waals surface area contributed by atoms with Crippen LogP contribution in [0.5, 0.6) is 0 Å². The molecule has 0 aromatic heterocycles. The van der Waals surface area contributed by atoms with Gasteiger partial charge in [-0.15, -0.1) is 6.42 Å². The van der Waals surface area contributed by atoms with E-state index in [2.05, 4.69) is 16.6 Å². The predicted molar refractivity (Wildman–Crippen MR) is 56.9 cm³/mol. The van der Waals surface area contributed by atoms with Gasteiger partial charge in [0.05, 0.1) is 6.04 Å². The molecule has 0 spiro atoms. The van der Waals surface area contributed by atoms with E-state index in [1.807, 2.05) is 27.7 Å². The first-order valence-corrected chi connectivity index (χ1v) is 4.31. The minimum atomic E-state index is -0.0210. The van der Waals surface area contributed by atoms with E-state index < -0.39 is 0 Å². The van der Waals surface area contributed by atoms with Crippen molar-refractivity contribution in [3.63, 3.8) is 0 Å². The van der Waals surface area contributed by atoms with Gasteiger partial charge in [-0.3, -0.25) is 0 Å². The Bertz CT molecular complexity index is 198. The van der Waals surface area contributed by atoms with Crippen LogP contribution >= 0.6 is 12.2 Å². The summed E-state index contributed by atoms with van der Waals surface area (Å²) in [4.78, 5) is 0. The lowest BCUT2D eigenvalue weighted by molar-refractivity contribution is 0.505. The summed E-state index contributed by atoms with van der Waals surface area (Å²) >= 11 is 5.03. The second-order valence-corrected chi connectivity index (χ2v) is 4.15. The highest BCUT2D eigenvalue weighted by Crippen LogP contribution is 1.97. The second-order valence-electron chi connectivity index (χ2n) is 3.74. The summed E-state index contributed by atoms with van der Waals surface area (Å²) in [5, 5.41) is 6.68. The van der Waals surface area contributed by atoms with Gasteiger partial charge in [-0.25, -0.2) is 0 Å². The van der Waals surface area contributed by atoms with Crippen molar-refractivity contribution in [1.82, 2.24) is 10.6 Å². The predicted octanol–water partition coefficient (Wildman–Crippen LogP) is 1.27. The molecule has 0 rings (SSSR count). The van der Waals surface area contributed by atoms with E-state index in [1.54, 1.807) is 0 Å². The fourth-order valence-corrected chi connectivity index (χ4v) is 1.10. The summed E-state index contributed by atoms with van der Waals surface area (Å²) in [6.07, 6.45) is 5.18. The fraction of sp³-hybridized carbons (Fsp3) is 0.667. The molecule has 0 bridgehead atoms. The van der Waals surface area contributed by atoms with E-state index in [-0.39, 0.29) is 11.6 Å². The van der Waals surface area contributed by atoms with E-state index in [4.69, 9.17) is 18.6 Å². The molecule has 68 valence electrons. The molecule has 0 amide bonds. The molecule has 1 unspecified atom stereocenters. The lowest BCUT2D eigenvalue weighted by Crippen LogP contribution is -2.48. The summed E-state index contributed by atoms with van der Waals surface area (Å²) in [7, 11) is 0. The van der Waals surface area contributed by atoms with Gasteiger partial charge in [-0.1, -0.05) is 5.92 Å². The Morgan fingerprint density at radius 2 is 2.00 bits per heavy atom. The Hall–Kier alpha value is -0.750. The molecule has 0 aliphatic rings. The zero-order valence-corrected chi connectivity index (χ0v) is 8.88. The average molecular weight is 184 g/mol. The number of hydrogen-bond donors (Lipinski definition) is 2. The van der Waals surface area contributed by atoms with Gasteiger partial charge in [0.15, 0.2) is 5.11 Å². The highest BCUT2D eigenvalue weighted by atomic mass is 32.1. The van der Waals surface area contributed by atoms with Gasteiger partial charge >= 0.3 is 0 Å². The molecule has 0 radical (unpaired) electrons. The van der Waals surface area contributed by atoms with Crippen molar-refractivity contribution in [3.05, 3.63) is 0 Å². The number of nitrogens with one attached hydrogen (secondary N) is 2. The second kappa shape index (κ2) is 4.32. The lowest BCUT2D eigenvalue weighted by Gasteiger charge is -2.23. The SMILES string of the molecule is C#CC(C)NC(=S)NC(C)(C)C. The van der Waals surface area contributed by atoms with Gasteiger partial charge in [0.2, 0.25) is 0 Å². The maximum Gasteiger partial charge on any atom is 0.167 e. The van der Waals surface area contributed by atoms with E-state index in [0.29, 0.717) is 5.11 Å². The van der Waals surface area contributed by atoms with Crippen molar-refractivity contribution >= 4 is 17.3 Å². The summed E-state index contributed by atoms with van der Waals surface area (Å²) in [5.74, 6) is 2.54. The summed E-state index contributed by atoms with van der Waals surface area (Å²) in [5.41, 5.74) is -0.0155. The summed E-state index contributed by atoms with van der Waals surface area (Å²) in [6, 6.07) is -0.0210. The molecule has 12 heavy (non-hydrogen) atoms. The molecule has 3 heteroatoms. The van der Waals surface area contributed by atoms with Crippen LogP contribution in [0.25, 0.3) is 0 Å². The van der Waals surface area contributed by atoms with E-state index in [9.17, 15) is 0 Å². The molecule has 1 atom stereocenters. The van der Waals surface area contributed by atoms with E-state index in [1.165, 1.54) is 0 Å². The van der Waals surface area contributed by atoms with Crippen molar-refractivity contribution in [2.75, 3.05) is 0 Å². The van der Waals surface area contributed by atoms with Crippen LogP contribution in [0.2, 0.25) is 0 Å². The largest absolute Gasteiger partial charge is 0.358 e. The third-order valence-electron chi connectivity index (χ3n) is 1.09. The third-order valence-corrected chi connectivity index (χ3v) is 1.31. The van der Waals surface area contributed by atoms with Crippen LogP contribution in [-0.4, -0.2) is 16.7 Å². The third kappa shape index (κ3) is 5.99. The van der Waals surface area contributed by atoms with Crippen LogP contribution in [0, 0.1) is 12.3 Å². The van der Waals surface area contributed by atoms with Crippen molar-refractivity contribution in [3.8, 4) is 12.3 Å². The zero-order chi connectivity index (χ0) is 9.78. The molecule has 0 saturated carbocycles. The molecule has 0 aliphatic carbocycles. The van der Waals surface area contributed by atoms with Crippen LogP contribution in [0.1, 0.15) is 27.7 Å². The van der Waals surface area contributed by atoms with Gasteiger partial charge in [-0.2, -0.15) is 0 Å². The Morgan fingerprint density at radius 3 is 2.33 bits per heavy atom. The van der Waals surface area contributed by atoms with Crippen LogP contribution in [0.3, 0.4) is 0 Å². The normalized spacial score (nSPS) is 12.9. The zero-order valence-electron chi connectivity index (χ0n) is 8.06. The van der Waals surface area contributed by atoms with E-state index in [0.717, 1.165) is 0 Å². The number of thiocarbonyl (C=S) groups is 1. The molecule has 2 nitrogen and oxygen atoms in total. The topological polar surface area (TPSA) is 24.1 Å². The van der Waals surface area contributed by atoms with Crippen molar-refractivity contribution in [2.45, 2.75) is 39.3 Å². The molecule has 0 heterocycles. The Balaban J connectivity index is 3.85. The first-order chi connectivity index (χ1) is 5.35. The van der Waals surface area contributed by atoms with Crippen LogP contribution < -0.4 is 10.6 Å². The van der Waals surface area contributed by atoms with E-state index >= 15 is 0 Å². The number of rotatable bonds is 1. The number of terminal acetylenes is 1. The molecule has 0 fully saturated rings. The first-order valence-electron chi connectivity index (χ1n) is 3.90. The molecular weight excluding hydrogens is 168 g/mol. The smallest absolute Gasteiger partial charge is 0.167 e. The maximum atomic E-state index is 5.18. The maximum absolute atomic E-state index is 5.18. The Kier molecular flexibility index (Phi) is 4.05. The highest BCUT2D eigenvalue weighted by molar-refractivity contribution is 7.80.